The summed E-state index contributed by atoms with van der Waals surface area (Å²) in [6.07, 6.45) is 1.32. The molecule has 1 heterocycles. The number of hydrogen-bond acceptors (Lipinski definition) is 3. The molecule has 1 aromatic rings. The summed E-state index contributed by atoms with van der Waals surface area (Å²) >= 11 is 0. The van der Waals surface area contributed by atoms with Crippen molar-refractivity contribution in [2.24, 2.45) is 0 Å². The zero-order valence-corrected chi connectivity index (χ0v) is 11.0. The van der Waals surface area contributed by atoms with Gasteiger partial charge in [-0.15, -0.1) is 0 Å². The van der Waals surface area contributed by atoms with Gasteiger partial charge in [-0.05, 0) is 31.9 Å². The lowest BCUT2D eigenvalue weighted by atomic mass is 10.1. The third kappa shape index (κ3) is 2.88. The molecule has 2 N–H and O–H groups in total. The standard InChI is InChI=1S/C12H16N2O3S/c1-9-4-6-10(7-5-9)18(16,17)14-11-3-2-8-13-12(11)15/h4-7,11,14H,2-3,8H2,1H3,(H,13,15)/t11-/m0/s1. The highest BCUT2D eigenvalue weighted by molar-refractivity contribution is 7.89. The molecule has 1 aliphatic heterocycles. The maximum absolute atomic E-state index is 12.1. The highest BCUT2D eigenvalue weighted by Crippen LogP contribution is 2.12. The lowest BCUT2D eigenvalue weighted by Crippen LogP contribution is -2.50. The fraction of sp³-hybridized carbons (Fsp3) is 0.417. The molecule has 5 nitrogen and oxygen atoms in total. The number of benzene rings is 1. The second kappa shape index (κ2) is 5.07. The van der Waals surface area contributed by atoms with Gasteiger partial charge in [-0.3, -0.25) is 4.79 Å². The summed E-state index contributed by atoms with van der Waals surface area (Å²) in [6.45, 7) is 2.50. The largest absolute Gasteiger partial charge is 0.355 e. The average Bonchev–Trinajstić information content (AvgIpc) is 2.32. The predicted molar refractivity (Wildman–Crippen MR) is 67.5 cm³/mol. The molecule has 1 fully saturated rings. The van der Waals surface area contributed by atoms with Crippen LogP contribution in [0.25, 0.3) is 0 Å². The lowest BCUT2D eigenvalue weighted by molar-refractivity contribution is -0.124. The summed E-state index contributed by atoms with van der Waals surface area (Å²) in [5.74, 6) is -0.253. The normalized spacial score (nSPS) is 20.5. The monoisotopic (exact) mass is 268 g/mol. The van der Waals surface area contributed by atoms with Crippen molar-refractivity contribution in [3.05, 3.63) is 29.8 Å². The van der Waals surface area contributed by atoms with E-state index in [0.29, 0.717) is 13.0 Å². The van der Waals surface area contributed by atoms with E-state index >= 15 is 0 Å². The second-order valence-corrected chi connectivity index (χ2v) is 6.13. The first-order valence-corrected chi connectivity index (χ1v) is 7.34. The lowest BCUT2D eigenvalue weighted by Gasteiger charge is -2.22. The molecule has 1 atom stereocenters. The second-order valence-electron chi connectivity index (χ2n) is 4.42. The molecule has 0 aromatic heterocycles. The molecular formula is C12H16N2O3S. The number of carbonyl (C=O) groups is 1. The zero-order chi connectivity index (χ0) is 13.2. The molecule has 0 saturated carbocycles. The topological polar surface area (TPSA) is 75.3 Å². The van der Waals surface area contributed by atoms with Crippen molar-refractivity contribution in [2.75, 3.05) is 6.54 Å². The Hall–Kier alpha value is -1.40. The van der Waals surface area contributed by atoms with Crippen LogP contribution in [0.15, 0.2) is 29.2 Å². The molecule has 1 saturated heterocycles. The van der Waals surface area contributed by atoms with E-state index in [4.69, 9.17) is 0 Å². The number of aryl methyl sites for hydroxylation is 1. The molecule has 0 aliphatic carbocycles. The molecule has 1 aliphatic rings. The molecule has 1 amide bonds. The van der Waals surface area contributed by atoms with Gasteiger partial charge in [0.1, 0.15) is 6.04 Å². The van der Waals surface area contributed by atoms with Crippen molar-refractivity contribution in [3.63, 3.8) is 0 Å². The SMILES string of the molecule is Cc1ccc(S(=O)(=O)N[C@H]2CCCNC2=O)cc1. The van der Waals surface area contributed by atoms with Crippen LogP contribution >= 0.6 is 0 Å². The van der Waals surface area contributed by atoms with E-state index in [0.717, 1.165) is 12.0 Å². The van der Waals surface area contributed by atoms with Crippen LogP contribution in [0, 0.1) is 6.92 Å². The Morgan fingerprint density at radius 2 is 1.94 bits per heavy atom. The number of rotatable bonds is 3. The first-order chi connectivity index (χ1) is 8.49. The van der Waals surface area contributed by atoms with Crippen LogP contribution in [0.3, 0.4) is 0 Å². The van der Waals surface area contributed by atoms with Crippen molar-refractivity contribution in [3.8, 4) is 0 Å². The predicted octanol–water partition coefficient (Wildman–Crippen LogP) is 0.552. The quantitative estimate of drug-likeness (QED) is 0.840. The maximum atomic E-state index is 12.1. The van der Waals surface area contributed by atoms with Crippen molar-refractivity contribution in [1.29, 1.82) is 0 Å². The van der Waals surface area contributed by atoms with Crippen LogP contribution in [-0.4, -0.2) is 26.9 Å². The van der Waals surface area contributed by atoms with Crippen LogP contribution < -0.4 is 10.0 Å². The summed E-state index contributed by atoms with van der Waals surface area (Å²) < 4.78 is 26.6. The molecule has 18 heavy (non-hydrogen) atoms. The number of nitrogens with one attached hydrogen (secondary N) is 2. The van der Waals surface area contributed by atoms with Gasteiger partial charge >= 0.3 is 0 Å². The minimum Gasteiger partial charge on any atom is -0.355 e. The van der Waals surface area contributed by atoms with Crippen LogP contribution in [0.2, 0.25) is 0 Å². The molecule has 6 heteroatoms. The molecule has 0 unspecified atom stereocenters. The van der Waals surface area contributed by atoms with Gasteiger partial charge < -0.3 is 5.32 Å². The van der Waals surface area contributed by atoms with Gasteiger partial charge in [0.05, 0.1) is 4.90 Å². The first-order valence-electron chi connectivity index (χ1n) is 5.86. The van der Waals surface area contributed by atoms with Gasteiger partial charge in [0, 0.05) is 6.54 Å². The summed E-state index contributed by atoms with van der Waals surface area (Å²) in [5, 5.41) is 2.65. The number of hydrogen-bond donors (Lipinski definition) is 2. The highest BCUT2D eigenvalue weighted by atomic mass is 32.2. The Kier molecular flexibility index (Phi) is 3.68. The number of carbonyl (C=O) groups excluding carboxylic acids is 1. The van der Waals surface area contributed by atoms with Crippen molar-refractivity contribution >= 4 is 15.9 Å². The number of sulfonamides is 1. The summed E-state index contributed by atoms with van der Waals surface area (Å²) in [5.41, 5.74) is 0.990. The smallest absolute Gasteiger partial charge is 0.241 e. The van der Waals surface area contributed by atoms with Gasteiger partial charge in [-0.25, -0.2) is 8.42 Å². The zero-order valence-electron chi connectivity index (χ0n) is 10.1. The van der Waals surface area contributed by atoms with Gasteiger partial charge in [0.2, 0.25) is 15.9 Å². The van der Waals surface area contributed by atoms with Gasteiger partial charge in [0.25, 0.3) is 0 Å². The Bertz CT molecular complexity index is 537. The van der Waals surface area contributed by atoms with E-state index in [1.54, 1.807) is 24.3 Å². The van der Waals surface area contributed by atoms with E-state index in [2.05, 4.69) is 10.0 Å². The van der Waals surface area contributed by atoms with Crippen LogP contribution in [0.4, 0.5) is 0 Å². The first kappa shape index (κ1) is 13.0. The molecular weight excluding hydrogens is 252 g/mol. The van der Waals surface area contributed by atoms with Crippen LogP contribution in [-0.2, 0) is 14.8 Å². The third-order valence-corrected chi connectivity index (χ3v) is 4.40. The molecule has 2 rings (SSSR count). The van der Waals surface area contributed by atoms with Gasteiger partial charge in [-0.1, -0.05) is 17.7 Å². The van der Waals surface area contributed by atoms with E-state index in [1.807, 2.05) is 6.92 Å². The van der Waals surface area contributed by atoms with Crippen LogP contribution in [0.1, 0.15) is 18.4 Å². The summed E-state index contributed by atoms with van der Waals surface area (Å²) in [6, 6.07) is 5.88. The Labute approximate surface area is 107 Å². The van der Waals surface area contributed by atoms with E-state index in [9.17, 15) is 13.2 Å². The average molecular weight is 268 g/mol. The van der Waals surface area contributed by atoms with Gasteiger partial charge in [-0.2, -0.15) is 4.72 Å². The summed E-state index contributed by atoms with van der Waals surface area (Å²) in [4.78, 5) is 11.7. The molecule has 0 bridgehead atoms. The Morgan fingerprint density at radius 1 is 1.28 bits per heavy atom. The van der Waals surface area contributed by atoms with Crippen molar-refractivity contribution in [2.45, 2.75) is 30.7 Å². The number of piperidine rings is 1. The molecule has 0 radical (unpaired) electrons. The Morgan fingerprint density at radius 3 is 2.56 bits per heavy atom. The Balaban J connectivity index is 2.16. The minimum atomic E-state index is -3.62. The number of amides is 1. The van der Waals surface area contributed by atoms with Crippen molar-refractivity contribution < 1.29 is 13.2 Å². The fourth-order valence-corrected chi connectivity index (χ4v) is 3.09. The van der Waals surface area contributed by atoms with Gasteiger partial charge in [0.15, 0.2) is 0 Å². The molecule has 0 spiro atoms. The summed E-state index contributed by atoms with van der Waals surface area (Å²) in [7, 11) is -3.62. The van der Waals surface area contributed by atoms with E-state index in [1.165, 1.54) is 0 Å². The maximum Gasteiger partial charge on any atom is 0.241 e. The minimum absolute atomic E-state index is 0.187. The van der Waals surface area contributed by atoms with Crippen molar-refractivity contribution in [1.82, 2.24) is 10.0 Å². The highest BCUT2D eigenvalue weighted by Gasteiger charge is 2.27. The van der Waals surface area contributed by atoms with E-state index < -0.39 is 16.1 Å². The van der Waals surface area contributed by atoms with E-state index in [-0.39, 0.29) is 10.8 Å². The third-order valence-electron chi connectivity index (χ3n) is 2.91. The molecule has 98 valence electrons. The van der Waals surface area contributed by atoms with Crippen LogP contribution in [0.5, 0.6) is 0 Å². The molecule has 1 aromatic carbocycles. The fourth-order valence-electron chi connectivity index (χ4n) is 1.86.